The second kappa shape index (κ2) is 51.3. The normalized spacial score (nSPS) is 7.27. The van der Waals surface area contributed by atoms with Crippen LogP contribution >= 0.6 is 118 Å². The average Bonchev–Trinajstić information content (AvgIpc) is 2.22. The summed E-state index contributed by atoms with van der Waals surface area (Å²) in [6.45, 7) is 6.65. The minimum atomic E-state index is -0.278. The van der Waals surface area contributed by atoms with Crippen molar-refractivity contribution in [1.82, 2.24) is 0 Å². The Hall–Kier alpha value is 4.58. The van der Waals surface area contributed by atoms with E-state index < -0.39 is 0 Å². The van der Waals surface area contributed by atoms with Crippen molar-refractivity contribution in [3.63, 3.8) is 0 Å². The summed E-state index contributed by atoms with van der Waals surface area (Å²) < 4.78 is 7.40. The summed E-state index contributed by atoms with van der Waals surface area (Å²) >= 11 is 15.5. The number of hydrogen-bond acceptors (Lipinski definition) is 1. The first-order chi connectivity index (χ1) is 7.47. The molecule has 7 heteroatoms. The fourth-order valence-electron chi connectivity index (χ4n) is 0. The quantitative estimate of drug-likeness (QED) is 0.156. The van der Waals surface area contributed by atoms with Gasteiger partial charge in [0.25, 0.3) is 0 Å². The van der Waals surface area contributed by atoms with Crippen molar-refractivity contribution >= 4 is 118 Å². The first kappa shape index (κ1) is 27.9. The van der Waals surface area contributed by atoms with Crippen LogP contribution in [-0.4, -0.2) is 8.69 Å². The van der Waals surface area contributed by atoms with Gasteiger partial charge >= 0.3 is 64.9 Å². The number of alkyl halides is 2. The molecule has 0 saturated carbocycles. The zero-order chi connectivity index (χ0) is 14.4. The third-order valence-corrected chi connectivity index (χ3v) is 0.500. The van der Waals surface area contributed by atoms with E-state index in [1.807, 2.05) is 0 Å². The van der Waals surface area contributed by atoms with Crippen molar-refractivity contribution in [2.24, 2.45) is 0 Å². The van der Waals surface area contributed by atoms with Crippen LogP contribution in [-0.2, 0) is 4.92 Å². The molecule has 0 radical (unpaired) electrons. The van der Waals surface area contributed by atoms with Gasteiger partial charge in [0, 0.05) is 1.37 Å². The van der Waals surface area contributed by atoms with Gasteiger partial charge in [-0.05, 0) is 6.26 Å². The summed E-state index contributed by atoms with van der Waals surface area (Å²) in [5, 5.41) is 0. The van der Waals surface area contributed by atoms with Crippen molar-refractivity contribution < 1.29 is 6.29 Å². The fraction of sp³-hybridized carbons (Fsp3) is 1.00. The van der Waals surface area contributed by atoms with Crippen LogP contribution in [0.25, 0.3) is 0 Å². The van der Waals surface area contributed by atoms with Gasteiger partial charge in [-0.15, -0.1) is 0 Å². The van der Waals surface area contributed by atoms with E-state index in [1.54, 1.807) is 13.2 Å². The van der Waals surface area contributed by atoms with E-state index in [-0.39, 0.29) is 4.92 Å². The third-order valence-electron chi connectivity index (χ3n) is 0.500. The molecule has 0 aromatic carbocycles. The van der Waals surface area contributed by atoms with E-state index in [9.17, 15) is 0 Å². The molecule has 0 saturated heterocycles. The topological polar surface area (TPSA) is 0 Å². The van der Waals surface area contributed by atoms with E-state index in [1.165, 1.54) is 15.3 Å². The molecule has 0 N–H and O–H groups in total. The summed E-state index contributed by atoms with van der Waals surface area (Å²) in [6, 6.07) is 0. The van der Waals surface area contributed by atoms with Crippen LogP contribution < -0.4 is 0 Å². The van der Waals surface area contributed by atoms with E-state index in [0.29, 0.717) is 6.90 Å². The number of halogens is 5. The fourth-order valence-corrected chi connectivity index (χ4v) is 0. The average molecular weight is 838 g/mol. The van der Waals surface area contributed by atoms with Crippen LogP contribution in [0.4, 0.5) is 0 Å². The Kier molecular flexibility index (Phi) is 95.2. The van der Waals surface area contributed by atoms with E-state index in [2.05, 4.69) is 132 Å². The molecule has 0 rings (SSSR count). The van der Waals surface area contributed by atoms with Crippen LogP contribution in [0.5, 0.6) is 0 Å². The van der Waals surface area contributed by atoms with Gasteiger partial charge in [-0.2, -0.15) is 12.6 Å². The minimum absolute atomic E-state index is 0.278. The molecular formula is C8H22I5SV. The Morgan fingerprint density at radius 3 is 1.13 bits per heavy atom. The standard InChI is InChI=1S/C4H10.C2H6.CH2I2.CH4S.3HI.V/c1-3-4-2;1-2;2-1-3;1-2;;;;/h3-4H2,1-2H3;1-2H3;1H2;2H,1H3;3*1H;/q;;;;;;;+3/p-3/i;1T;;;;;;. The van der Waals surface area contributed by atoms with E-state index in [4.69, 9.17) is 1.37 Å². The van der Waals surface area contributed by atoms with Crippen molar-refractivity contribution in [3.8, 4) is 0 Å². The Morgan fingerprint density at radius 2 is 1.13 bits per heavy atom. The summed E-state index contributed by atoms with van der Waals surface area (Å²) in [6.07, 6.45) is 4.33. The molecule has 0 aromatic heterocycles. The van der Waals surface area contributed by atoms with Gasteiger partial charge in [-0.3, -0.25) is 0 Å². The van der Waals surface area contributed by atoms with Crippen molar-refractivity contribution in [1.29, 1.82) is 0 Å². The maximum absolute atomic E-state index is 6.21. The maximum atomic E-state index is 6.21. The Bertz CT molecular complexity index is 58.9. The Balaban J connectivity index is -0.0000000322. The van der Waals surface area contributed by atoms with Crippen molar-refractivity contribution in [2.75, 3.05) is 8.69 Å². The third kappa shape index (κ3) is 164. The zero-order valence-electron chi connectivity index (χ0n) is 10.6. The van der Waals surface area contributed by atoms with Crippen molar-refractivity contribution in [3.05, 3.63) is 0 Å². The summed E-state index contributed by atoms with van der Waals surface area (Å²) in [5.74, 6) is 0. The molecule has 0 spiro atoms. The molecular weight excluding hydrogens is 814 g/mol. The SMILES string of the molecule is CCCC.CS.ICI.[3H]CC.[I][V]([I])[I]. The molecule has 0 bridgehead atoms. The Morgan fingerprint density at radius 1 is 1.07 bits per heavy atom. The molecule has 100 valence electrons. The second-order valence-corrected chi connectivity index (χ2v) is 41.1. The molecule has 0 aliphatic heterocycles. The van der Waals surface area contributed by atoms with Gasteiger partial charge in [-0.25, -0.2) is 0 Å². The summed E-state index contributed by atoms with van der Waals surface area (Å²) in [5.41, 5.74) is 0. The summed E-state index contributed by atoms with van der Waals surface area (Å²) in [4.78, 5) is -0.278. The number of rotatable bonds is 1. The van der Waals surface area contributed by atoms with Gasteiger partial charge in [0.05, 0.1) is 2.43 Å². The number of unbranched alkanes of at least 4 members (excludes halogenated alkanes) is 1. The van der Waals surface area contributed by atoms with E-state index >= 15 is 0 Å². The molecule has 0 heterocycles. The molecule has 15 heavy (non-hydrogen) atoms. The van der Waals surface area contributed by atoms with Gasteiger partial charge in [0.2, 0.25) is 0 Å². The van der Waals surface area contributed by atoms with Crippen LogP contribution in [0, 0.1) is 0 Å². The van der Waals surface area contributed by atoms with Crippen molar-refractivity contribution in [2.45, 2.75) is 40.5 Å². The first-order valence-electron chi connectivity index (χ1n) is 4.82. The predicted octanol–water partition coefficient (Wildman–Crippen LogP) is 7.85. The van der Waals surface area contributed by atoms with Gasteiger partial charge in [0.1, 0.15) is 0 Å². The van der Waals surface area contributed by atoms with Crippen LogP contribution in [0.15, 0.2) is 0 Å². The molecule has 0 fully saturated rings. The molecule has 0 aliphatic rings. The van der Waals surface area contributed by atoms with Crippen LogP contribution in [0.1, 0.15) is 41.9 Å². The molecule has 0 unspecified atom stereocenters. The molecule has 0 amide bonds. The van der Waals surface area contributed by atoms with Gasteiger partial charge in [0.15, 0.2) is 0 Å². The molecule has 0 atom stereocenters. The monoisotopic (exact) mass is 838 g/mol. The second-order valence-electron chi connectivity index (χ2n) is 1.29. The number of hydrogen-bond donors (Lipinski definition) is 1. The molecule has 0 aliphatic carbocycles. The van der Waals surface area contributed by atoms with Crippen LogP contribution in [0.3, 0.4) is 0 Å². The van der Waals surface area contributed by atoms with Gasteiger partial charge in [-0.1, -0.05) is 85.7 Å². The predicted molar refractivity (Wildman–Crippen MR) is 122 cm³/mol. The van der Waals surface area contributed by atoms with Crippen LogP contribution in [0.2, 0.25) is 0 Å². The zero-order valence-corrected chi connectivity index (χ0v) is 22.7. The van der Waals surface area contributed by atoms with Gasteiger partial charge < -0.3 is 0 Å². The molecule has 0 aromatic rings. The summed E-state index contributed by atoms with van der Waals surface area (Å²) in [7, 11) is 0. The molecule has 0 nitrogen and oxygen atoms in total. The van der Waals surface area contributed by atoms with E-state index in [0.717, 1.165) is 0 Å². The Labute approximate surface area is 169 Å². The first-order valence-corrected chi connectivity index (χ1v) is 21.6. The number of thiol groups is 1.